The van der Waals surface area contributed by atoms with Gasteiger partial charge in [0.1, 0.15) is 5.82 Å². The summed E-state index contributed by atoms with van der Waals surface area (Å²) in [5.41, 5.74) is 0.145. The third kappa shape index (κ3) is 3.07. The Morgan fingerprint density at radius 2 is 2.06 bits per heavy atom. The van der Waals surface area contributed by atoms with Crippen molar-refractivity contribution >= 4 is 5.91 Å². The molecule has 1 aliphatic heterocycles. The van der Waals surface area contributed by atoms with Gasteiger partial charge in [0.05, 0.1) is 5.56 Å². The molecule has 1 aromatic rings. The molecule has 0 unspecified atom stereocenters. The fraction of sp³-hybridized carbons (Fsp3) is 0.500. The van der Waals surface area contributed by atoms with Gasteiger partial charge >= 0.3 is 0 Å². The quantitative estimate of drug-likeness (QED) is 0.825. The maximum Gasteiger partial charge on any atom is 0.256 e. The standard InChI is InChI=1S/C14H18FNO2/c1-16(10-11-6-8-18-9-7-11)14(17)12-4-2-3-5-13(12)15/h2-5,11H,6-10H2,1H3. The molecule has 4 heteroatoms. The van der Waals surface area contributed by atoms with E-state index in [1.807, 2.05) is 0 Å². The monoisotopic (exact) mass is 251 g/mol. The molecule has 1 saturated heterocycles. The van der Waals surface area contributed by atoms with E-state index in [9.17, 15) is 9.18 Å². The smallest absolute Gasteiger partial charge is 0.256 e. The lowest BCUT2D eigenvalue weighted by Crippen LogP contribution is -2.34. The van der Waals surface area contributed by atoms with Crippen molar-refractivity contribution in [3.63, 3.8) is 0 Å². The molecule has 0 radical (unpaired) electrons. The van der Waals surface area contributed by atoms with Crippen LogP contribution in [0.2, 0.25) is 0 Å². The molecule has 0 aromatic heterocycles. The lowest BCUT2D eigenvalue weighted by atomic mass is 9.99. The molecule has 2 rings (SSSR count). The van der Waals surface area contributed by atoms with Crippen LogP contribution < -0.4 is 0 Å². The third-order valence-corrected chi connectivity index (χ3v) is 3.32. The zero-order valence-electron chi connectivity index (χ0n) is 10.6. The molecule has 1 aliphatic rings. The Hall–Kier alpha value is -1.42. The molecule has 0 atom stereocenters. The molecule has 0 bridgehead atoms. The van der Waals surface area contributed by atoms with E-state index >= 15 is 0 Å². The summed E-state index contributed by atoms with van der Waals surface area (Å²) < 4.78 is 18.8. The predicted octanol–water partition coefficient (Wildman–Crippen LogP) is 2.32. The normalized spacial score (nSPS) is 16.6. The number of hydrogen-bond acceptors (Lipinski definition) is 2. The van der Waals surface area contributed by atoms with Crippen molar-refractivity contribution in [2.45, 2.75) is 12.8 Å². The second kappa shape index (κ2) is 5.96. The number of carbonyl (C=O) groups excluding carboxylic acids is 1. The Morgan fingerprint density at radius 3 is 2.72 bits per heavy atom. The molecular weight excluding hydrogens is 233 g/mol. The maximum absolute atomic E-state index is 13.5. The van der Waals surface area contributed by atoms with Crippen LogP contribution in [0.1, 0.15) is 23.2 Å². The van der Waals surface area contributed by atoms with E-state index in [0.29, 0.717) is 12.5 Å². The largest absolute Gasteiger partial charge is 0.381 e. The van der Waals surface area contributed by atoms with Crippen LogP contribution in [0.25, 0.3) is 0 Å². The molecule has 98 valence electrons. The van der Waals surface area contributed by atoms with Gasteiger partial charge in [0, 0.05) is 26.8 Å². The predicted molar refractivity (Wildman–Crippen MR) is 66.9 cm³/mol. The van der Waals surface area contributed by atoms with Crippen LogP contribution in [0.15, 0.2) is 24.3 Å². The van der Waals surface area contributed by atoms with Crippen molar-refractivity contribution in [1.82, 2.24) is 4.90 Å². The van der Waals surface area contributed by atoms with Crippen molar-refractivity contribution in [2.24, 2.45) is 5.92 Å². The molecule has 0 aliphatic carbocycles. The van der Waals surface area contributed by atoms with Crippen molar-refractivity contribution in [3.05, 3.63) is 35.6 Å². The van der Waals surface area contributed by atoms with Gasteiger partial charge in [-0.05, 0) is 30.9 Å². The van der Waals surface area contributed by atoms with E-state index < -0.39 is 5.82 Å². The average molecular weight is 251 g/mol. The molecule has 18 heavy (non-hydrogen) atoms. The first-order valence-electron chi connectivity index (χ1n) is 6.26. The first-order valence-corrected chi connectivity index (χ1v) is 6.26. The van der Waals surface area contributed by atoms with Crippen LogP contribution in [0.3, 0.4) is 0 Å². The number of benzene rings is 1. The van der Waals surface area contributed by atoms with E-state index in [4.69, 9.17) is 4.74 Å². The van der Waals surface area contributed by atoms with Crippen molar-refractivity contribution in [3.8, 4) is 0 Å². The summed E-state index contributed by atoms with van der Waals surface area (Å²) in [6.45, 7) is 2.18. The van der Waals surface area contributed by atoms with E-state index in [-0.39, 0.29) is 11.5 Å². The van der Waals surface area contributed by atoms with Crippen LogP contribution in [-0.2, 0) is 4.74 Å². The Bertz CT molecular complexity index is 416. The second-order valence-corrected chi connectivity index (χ2v) is 4.72. The van der Waals surface area contributed by atoms with E-state index in [1.54, 1.807) is 24.1 Å². The highest BCUT2D eigenvalue weighted by Crippen LogP contribution is 2.17. The summed E-state index contributed by atoms with van der Waals surface area (Å²) in [6, 6.07) is 6.11. The van der Waals surface area contributed by atoms with E-state index in [2.05, 4.69) is 0 Å². The fourth-order valence-electron chi connectivity index (χ4n) is 2.24. The topological polar surface area (TPSA) is 29.5 Å². The molecule has 0 spiro atoms. The van der Waals surface area contributed by atoms with Crippen LogP contribution in [-0.4, -0.2) is 37.6 Å². The Labute approximate surface area is 107 Å². The number of hydrogen-bond donors (Lipinski definition) is 0. The van der Waals surface area contributed by atoms with Crippen LogP contribution in [0.4, 0.5) is 4.39 Å². The summed E-state index contributed by atoms with van der Waals surface area (Å²) >= 11 is 0. The van der Waals surface area contributed by atoms with Gasteiger partial charge in [0.25, 0.3) is 5.91 Å². The molecule has 1 amide bonds. The summed E-state index contributed by atoms with van der Waals surface area (Å²) in [5.74, 6) is -0.250. The zero-order chi connectivity index (χ0) is 13.0. The van der Waals surface area contributed by atoms with Crippen LogP contribution in [0, 0.1) is 11.7 Å². The summed E-state index contributed by atoms with van der Waals surface area (Å²) in [5, 5.41) is 0. The van der Waals surface area contributed by atoms with Gasteiger partial charge in [-0.1, -0.05) is 12.1 Å². The lowest BCUT2D eigenvalue weighted by Gasteiger charge is -2.27. The van der Waals surface area contributed by atoms with Gasteiger partial charge in [0.15, 0.2) is 0 Å². The molecular formula is C14H18FNO2. The molecule has 0 saturated carbocycles. The molecule has 1 aromatic carbocycles. The SMILES string of the molecule is CN(CC1CCOCC1)C(=O)c1ccccc1F. The zero-order valence-corrected chi connectivity index (χ0v) is 10.6. The average Bonchev–Trinajstić information content (AvgIpc) is 2.39. The Kier molecular flexibility index (Phi) is 4.31. The molecule has 1 fully saturated rings. The second-order valence-electron chi connectivity index (χ2n) is 4.72. The van der Waals surface area contributed by atoms with Crippen molar-refractivity contribution in [1.29, 1.82) is 0 Å². The molecule has 0 N–H and O–H groups in total. The number of ether oxygens (including phenoxy) is 1. The van der Waals surface area contributed by atoms with Crippen LogP contribution in [0.5, 0.6) is 0 Å². The van der Waals surface area contributed by atoms with E-state index in [0.717, 1.165) is 26.1 Å². The highest BCUT2D eigenvalue weighted by molar-refractivity contribution is 5.94. The summed E-state index contributed by atoms with van der Waals surface area (Å²) in [6.07, 6.45) is 1.93. The van der Waals surface area contributed by atoms with Crippen LogP contribution >= 0.6 is 0 Å². The van der Waals surface area contributed by atoms with Gasteiger partial charge in [-0.2, -0.15) is 0 Å². The van der Waals surface area contributed by atoms with Gasteiger partial charge in [-0.15, -0.1) is 0 Å². The number of rotatable bonds is 3. The molecule has 1 heterocycles. The minimum absolute atomic E-state index is 0.145. The number of nitrogens with zero attached hydrogens (tertiary/aromatic N) is 1. The fourth-order valence-corrected chi connectivity index (χ4v) is 2.24. The third-order valence-electron chi connectivity index (χ3n) is 3.32. The van der Waals surface area contributed by atoms with E-state index in [1.165, 1.54) is 12.1 Å². The number of halogens is 1. The van der Waals surface area contributed by atoms with Gasteiger partial charge in [0.2, 0.25) is 0 Å². The van der Waals surface area contributed by atoms with Gasteiger partial charge in [-0.25, -0.2) is 4.39 Å². The summed E-state index contributed by atoms with van der Waals surface area (Å²) in [7, 11) is 1.73. The Balaban J connectivity index is 1.98. The molecule has 3 nitrogen and oxygen atoms in total. The number of amides is 1. The van der Waals surface area contributed by atoms with Crippen molar-refractivity contribution in [2.75, 3.05) is 26.8 Å². The first kappa shape index (κ1) is 13.0. The number of carbonyl (C=O) groups is 1. The van der Waals surface area contributed by atoms with Gasteiger partial charge < -0.3 is 9.64 Å². The lowest BCUT2D eigenvalue weighted by molar-refractivity contribution is 0.0495. The minimum Gasteiger partial charge on any atom is -0.381 e. The minimum atomic E-state index is -0.457. The van der Waals surface area contributed by atoms with Crippen molar-refractivity contribution < 1.29 is 13.9 Å². The highest BCUT2D eigenvalue weighted by atomic mass is 19.1. The highest BCUT2D eigenvalue weighted by Gasteiger charge is 2.20. The maximum atomic E-state index is 13.5. The Morgan fingerprint density at radius 1 is 1.39 bits per heavy atom. The first-order chi connectivity index (χ1) is 8.68. The summed E-state index contributed by atoms with van der Waals surface area (Å²) in [4.78, 5) is 13.7. The van der Waals surface area contributed by atoms with Gasteiger partial charge in [-0.3, -0.25) is 4.79 Å².